The fourth-order valence-electron chi connectivity index (χ4n) is 6.15. The van der Waals surface area contributed by atoms with Gasteiger partial charge in [0.15, 0.2) is 0 Å². The standard InChI is InChI=1S/C32H35N3O3/c36-32(37)25-15-18-30-29(20-25)33-31(35(30)26-10-5-2-6-11-26)24-13-16-28(17-14-24)38-22-27-12-7-19-34(27)21-23-8-3-1-4-9-23/h1,3-4,8-9,13-18,20,26-27H,2,5-7,10-12,19,21-22H2,(H,36,37)/t27-/m0/s1. The second kappa shape index (κ2) is 11.0. The molecule has 1 N–H and O–H groups in total. The van der Waals surface area contributed by atoms with E-state index in [-0.39, 0.29) is 5.56 Å². The lowest BCUT2D eigenvalue weighted by Gasteiger charge is -2.26. The number of aromatic nitrogens is 2. The number of aromatic carboxylic acids is 1. The van der Waals surface area contributed by atoms with Gasteiger partial charge in [0.1, 0.15) is 18.2 Å². The second-order valence-electron chi connectivity index (χ2n) is 10.7. The fourth-order valence-corrected chi connectivity index (χ4v) is 6.15. The van der Waals surface area contributed by atoms with Gasteiger partial charge in [0.2, 0.25) is 0 Å². The Labute approximate surface area is 223 Å². The van der Waals surface area contributed by atoms with Crippen LogP contribution in [0.2, 0.25) is 0 Å². The van der Waals surface area contributed by atoms with E-state index >= 15 is 0 Å². The van der Waals surface area contributed by atoms with E-state index in [1.807, 2.05) is 18.2 Å². The molecule has 196 valence electrons. The van der Waals surface area contributed by atoms with E-state index in [1.165, 1.54) is 31.2 Å². The van der Waals surface area contributed by atoms with Crippen LogP contribution in [0.1, 0.15) is 66.9 Å². The molecule has 0 radical (unpaired) electrons. The van der Waals surface area contributed by atoms with Gasteiger partial charge in [-0.1, -0.05) is 49.6 Å². The van der Waals surface area contributed by atoms with Gasteiger partial charge in [-0.15, -0.1) is 0 Å². The second-order valence-corrected chi connectivity index (χ2v) is 10.7. The van der Waals surface area contributed by atoms with Crippen LogP contribution in [0.3, 0.4) is 0 Å². The maximum Gasteiger partial charge on any atom is 0.335 e. The van der Waals surface area contributed by atoms with Crippen molar-refractivity contribution < 1.29 is 14.6 Å². The molecule has 1 saturated heterocycles. The van der Waals surface area contributed by atoms with Gasteiger partial charge in [0.05, 0.1) is 16.6 Å². The first kappa shape index (κ1) is 24.7. The number of carboxylic acids is 1. The summed E-state index contributed by atoms with van der Waals surface area (Å²) in [4.78, 5) is 19.0. The van der Waals surface area contributed by atoms with Gasteiger partial charge in [-0.2, -0.15) is 0 Å². The minimum atomic E-state index is -0.924. The van der Waals surface area contributed by atoms with Crippen LogP contribution in [0, 0.1) is 0 Å². The lowest BCUT2D eigenvalue weighted by Crippen LogP contribution is -2.33. The van der Waals surface area contributed by atoms with Gasteiger partial charge < -0.3 is 14.4 Å². The highest BCUT2D eigenvalue weighted by Gasteiger charge is 2.26. The van der Waals surface area contributed by atoms with Crippen molar-refractivity contribution in [2.75, 3.05) is 13.2 Å². The fraction of sp³-hybridized carbons (Fsp3) is 0.375. The van der Waals surface area contributed by atoms with Gasteiger partial charge in [-0.05, 0) is 80.3 Å². The normalized spacial score (nSPS) is 18.7. The predicted octanol–water partition coefficient (Wildman–Crippen LogP) is 6.95. The predicted molar refractivity (Wildman–Crippen MR) is 150 cm³/mol. The molecule has 1 atom stereocenters. The van der Waals surface area contributed by atoms with Crippen LogP contribution < -0.4 is 4.74 Å². The third-order valence-corrected chi connectivity index (χ3v) is 8.16. The molecule has 0 unspecified atom stereocenters. The van der Waals surface area contributed by atoms with Gasteiger partial charge >= 0.3 is 5.97 Å². The van der Waals surface area contributed by atoms with Crippen molar-refractivity contribution in [3.63, 3.8) is 0 Å². The molecular weight excluding hydrogens is 474 g/mol. The van der Waals surface area contributed by atoms with Crippen molar-refractivity contribution in [2.24, 2.45) is 0 Å². The van der Waals surface area contributed by atoms with E-state index < -0.39 is 5.97 Å². The Morgan fingerprint density at radius 2 is 1.71 bits per heavy atom. The van der Waals surface area contributed by atoms with Gasteiger partial charge in [0.25, 0.3) is 0 Å². The average Bonchev–Trinajstić information content (AvgIpc) is 3.57. The summed E-state index contributed by atoms with van der Waals surface area (Å²) in [6, 6.07) is 25.0. The molecule has 2 fully saturated rings. The molecule has 3 aromatic carbocycles. The molecule has 6 heteroatoms. The summed E-state index contributed by atoms with van der Waals surface area (Å²) in [6.45, 7) is 2.77. The maximum atomic E-state index is 11.6. The van der Waals surface area contributed by atoms with Crippen molar-refractivity contribution in [2.45, 2.75) is 63.6 Å². The number of carboxylic acid groups (broad SMARTS) is 1. The average molecular weight is 510 g/mol. The molecule has 1 aliphatic carbocycles. The van der Waals surface area contributed by atoms with Crippen LogP contribution in [0.4, 0.5) is 0 Å². The minimum Gasteiger partial charge on any atom is -0.492 e. The van der Waals surface area contributed by atoms with Crippen molar-refractivity contribution in [1.82, 2.24) is 14.5 Å². The zero-order valence-electron chi connectivity index (χ0n) is 21.8. The number of carbonyl (C=O) groups is 1. The molecule has 1 saturated carbocycles. The quantitative estimate of drug-likeness (QED) is 0.278. The summed E-state index contributed by atoms with van der Waals surface area (Å²) in [7, 11) is 0. The Balaban J connectivity index is 1.20. The van der Waals surface area contributed by atoms with Crippen LogP contribution in [0.15, 0.2) is 72.8 Å². The van der Waals surface area contributed by atoms with Crippen molar-refractivity contribution in [3.8, 4) is 17.1 Å². The Hall–Kier alpha value is -3.64. The van der Waals surface area contributed by atoms with Crippen molar-refractivity contribution >= 4 is 17.0 Å². The number of imidazole rings is 1. The number of hydrogen-bond acceptors (Lipinski definition) is 4. The van der Waals surface area contributed by atoms with E-state index in [2.05, 4.69) is 51.9 Å². The Kier molecular flexibility index (Phi) is 7.14. The van der Waals surface area contributed by atoms with Crippen molar-refractivity contribution in [3.05, 3.63) is 83.9 Å². The van der Waals surface area contributed by atoms with Crippen molar-refractivity contribution in [1.29, 1.82) is 0 Å². The maximum absolute atomic E-state index is 11.6. The van der Waals surface area contributed by atoms with Crippen LogP contribution in [0.5, 0.6) is 5.75 Å². The van der Waals surface area contributed by atoms with E-state index in [1.54, 1.807) is 12.1 Å². The minimum absolute atomic E-state index is 0.273. The Morgan fingerprint density at radius 3 is 2.47 bits per heavy atom. The summed E-state index contributed by atoms with van der Waals surface area (Å²) in [5.41, 5.74) is 4.40. The lowest BCUT2D eigenvalue weighted by molar-refractivity contribution is 0.0697. The first-order valence-corrected chi connectivity index (χ1v) is 13.9. The largest absolute Gasteiger partial charge is 0.492 e. The molecule has 6 rings (SSSR count). The summed E-state index contributed by atoms with van der Waals surface area (Å²) in [5, 5.41) is 9.48. The number of likely N-dealkylation sites (tertiary alicyclic amines) is 1. The zero-order valence-corrected chi connectivity index (χ0v) is 21.8. The summed E-state index contributed by atoms with van der Waals surface area (Å²) >= 11 is 0. The third kappa shape index (κ3) is 5.18. The number of ether oxygens (including phenoxy) is 1. The molecule has 38 heavy (non-hydrogen) atoms. The lowest BCUT2D eigenvalue weighted by atomic mass is 9.95. The number of rotatable bonds is 8. The molecule has 1 aliphatic heterocycles. The molecule has 1 aromatic heterocycles. The van der Waals surface area contributed by atoms with Gasteiger partial charge in [0, 0.05) is 24.2 Å². The summed E-state index contributed by atoms with van der Waals surface area (Å²) < 4.78 is 8.61. The molecule has 6 nitrogen and oxygen atoms in total. The number of benzene rings is 3. The molecule has 0 spiro atoms. The van der Waals surface area contributed by atoms with E-state index in [0.717, 1.165) is 60.5 Å². The summed E-state index contributed by atoms with van der Waals surface area (Å²) in [5.74, 6) is 0.853. The Bertz CT molecular complexity index is 1390. The molecule has 0 amide bonds. The zero-order chi connectivity index (χ0) is 25.9. The van der Waals surface area contributed by atoms with E-state index in [9.17, 15) is 9.90 Å². The highest BCUT2D eigenvalue weighted by atomic mass is 16.5. The molecule has 2 heterocycles. The number of nitrogens with zero attached hydrogens (tertiary/aromatic N) is 3. The molecular formula is C32H35N3O3. The first-order valence-electron chi connectivity index (χ1n) is 13.9. The Morgan fingerprint density at radius 1 is 0.921 bits per heavy atom. The molecule has 4 aromatic rings. The number of fused-ring (bicyclic) bond motifs is 1. The van der Waals surface area contributed by atoms with Crippen LogP contribution in [-0.4, -0.2) is 44.7 Å². The van der Waals surface area contributed by atoms with Crippen LogP contribution in [-0.2, 0) is 6.54 Å². The van der Waals surface area contributed by atoms with Gasteiger partial charge in [-0.25, -0.2) is 9.78 Å². The SMILES string of the molecule is O=C(O)c1ccc2c(c1)nc(-c1ccc(OC[C@@H]3CCCN3Cc3ccccc3)cc1)n2C1CCCCC1. The van der Waals surface area contributed by atoms with E-state index in [4.69, 9.17) is 9.72 Å². The third-order valence-electron chi connectivity index (χ3n) is 8.16. The number of hydrogen-bond donors (Lipinski definition) is 1. The molecule has 0 bridgehead atoms. The monoisotopic (exact) mass is 509 g/mol. The molecule has 2 aliphatic rings. The van der Waals surface area contributed by atoms with E-state index in [0.29, 0.717) is 18.7 Å². The smallest absolute Gasteiger partial charge is 0.335 e. The van der Waals surface area contributed by atoms with Crippen LogP contribution in [0.25, 0.3) is 22.4 Å². The van der Waals surface area contributed by atoms with Gasteiger partial charge in [-0.3, -0.25) is 4.90 Å². The van der Waals surface area contributed by atoms with Crippen LogP contribution >= 0.6 is 0 Å². The summed E-state index contributed by atoms with van der Waals surface area (Å²) in [6.07, 6.45) is 8.33. The topological polar surface area (TPSA) is 67.6 Å². The highest BCUT2D eigenvalue weighted by Crippen LogP contribution is 2.36. The first-order chi connectivity index (χ1) is 18.7. The highest BCUT2D eigenvalue weighted by molar-refractivity contribution is 5.93.